The summed E-state index contributed by atoms with van der Waals surface area (Å²) in [4.78, 5) is 28.0. The van der Waals surface area contributed by atoms with Gasteiger partial charge in [0.25, 0.3) is 5.91 Å². The fraction of sp³-hybridized carbons (Fsp3) is 0.136. The number of benzene rings is 2. The summed E-state index contributed by atoms with van der Waals surface area (Å²) in [6.45, 7) is -0.118. The maximum absolute atomic E-state index is 12.1. The van der Waals surface area contributed by atoms with E-state index in [2.05, 4.69) is 15.6 Å². The molecule has 148 valence electrons. The van der Waals surface area contributed by atoms with E-state index in [1.54, 1.807) is 80.2 Å². The number of aromatic nitrogens is 1. The van der Waals surface area contributed by atoms with Crippen molar-refractivity contribution in [3.05, 3.63) is 78.6 Å². The molecule has 0 bridgehead atoms. The first-order chi connectivity index (χ1) is 14.1. The molecule has 2 amide bonds. The van der Waals surface area contributed by atoms with Gasteiger partial charge >= 0.3 is 0 Å². The van der Waals surface area contributed by atoms with Crippen molar-refractivity contribution in [3.63, 3.8) is 0 Å². The molecule has 29 heavy (non-hydrogen) atoms. The van der Waals surface area contributed by atoms with Crippen molar-refractivity contribution in [1.82, 2.24) is 4.98 Å². The van der Waals surface area contributed by atoms with Crippen LogP contribution in [0.5, 0.6) is 11.5 Å². The van der Waals surface area contributed by atoms with E-state index in [4.69, 9.17) is 9.47 Å². The van der Waals surface area contributed by atoms with Crippen molar-refractivity contribution in [2.75, 3.05) is 24.4 Å². The summed E-state index contributed by atoms with van der Waals surface area (Å²) in [7, 11) is 1.58. The molecule has 0 saturated heterocycles. The Balaban J connectivity index is 1.44. The number of nitrogens with zero attached hydrogens (tertiary/aromatic N) is 1. The predicted molar refractivity (Wildman–Crippen MR) is 110 cm³/mol. The van der Waals surface area contributed by atoms with Gasteiger partial charge in [-0.3, -0.25) is 14.6 Å². The molecule has 0 aliphatic heterocycles. The van der Waals surface area contributed by atoms with E-state index in [0.717, 1.165) is 5.56 Å². The fourth-order valence-corrected chi connectivity index (χ4v) is 2.55. The summed E-state index contributed by atoms with van der Waals surface area (Å²) >= 11 is 0. The first-order valence-corrected chi connectivity index (χ1v) is 8.98. The van der Waals surface area contributed by atoms with Gasteiger partial charge in [-0.15, -0.1) is 0 Å². The lowest BCUT2D eigenvalue weighted by Gasteiger charge is -2.09. The number of methoxy groups -OCH3 is 1. The van der Waals surface area contributed by atoms with Crippen molar-refractivity contribution in [1.29, 1.82) is 0 Å². The zero-order valence-corrected chi connectivity index (χ0v) is 15.9. The standard InChI is InChI=1S/C22H21N3O4/c1-28-19-10-6-17(7-11-19)24-22(27)15-29-20-8-4-16(5-9-20)13-21(26)25-18-3-2-12-23-14-18/h2-12,14H,13,15H2,1H3,(H,24,27)(H,25,26). The molecular formula is C22H21N3O4. The number of hydrogen-bond acceptors (Lipinski definition) is 5. The molecule has 0 fully saturated rings. The summed E-state index contributed by atoms with van der Waals surface area (Å²) in [5.74, 6) is 0.861. The Kier molecular flexibility index (Phi) is 6.78. The molecule has 1 aromatic heterocycles. The number of carbonyl (C=O) groups excluding carboxylic acids is 2. The lowest BCUT2D eigenvalue weighted by atomic mass is 10.1. The van der Waals surface area contributed by atoms with Gasteiger partial charge in [0.2, 0.25) is 5.91 Å². The highest BCUT2D eigenvalue weighted by molar-refractivity contribution is 5.92. The van der Waals surface area contributed by atoms with Crippen molar-refractivity contribution >= 4 is 23.2 Å². The molecule has 3 aromatic rings. The molecule has 0 unspecified atom stereocenters. The highest BCUT2D eigenvalue weighted by atomic mass is 16.5. The van der Waals surface area contributed by atoms with Gasteiger partial charge < -0.3 is 20.1 Å². The van der Waals surface area contributed by atoms with Crippen LogP contribution in [0.4, 0.5) is 11.4 Å². The van der Waals surface area contributed by atoms with E-state index < -0.39 is 0 Å². The molecule has 0 spiro atoms. The number of rotatable bonds is 8. The zero-order chi connectivity index (χ0) is 20.5. The Morgan fingerprint density at radius 2 is 1.55 bits per heavy atom. The second kappa shape index (κ2) is 9.89. The van der Waals surface area contributed by atoms with Crippen molar-refractivity contribution in [3.8, 4) is 11.5 Å². The summed E-state index contributed by atoms with van der Waals surface area (Å²) in [5.41, 5.74) is 2.15. The number of nitrogens with one attached hydrogen (secondary N) is 2. The summed E-state index contributed by atoms with van der Waals surface area (Å²) in [5, 5.41) is 5.53. The van der Waals surface area contributed by atoms with Gasteiger partial charge in [0.15, 0.2) is 6.61 Å². The van der Waals surface area contributed by atoms with Crippen LogP contribution >= 0.6 is 0 Å². The molecule has 0 atom stereocenters. The highest BCUT2D eigenvalue weighted by Gasteiger charge is 2.07. The van der Waals surface area contributed by atoms with Crippen molar-refractivity contribution in [2.45, 2.75) is 6.42 Å². The topological polar surface area (TPSA) is 89.5 Å². The Morgan fingerprint density at radius 1 is 0.862 bits per heavy atom. The fourth-order valence-electron chi connectivity index (χ4n) is 2.55. The quantitative estimate of drug-likeness (QED) is 0.615. The number of amides is 2. The van der Waals surface area contributed by atoms with Gasteiger partial charge in [-0.05, 0) is 54.1 Å². The third-order valence-electron chi connectivity index (χ3n) is 3.98. The highest BCUT2D eigenvalue weighted by Crippen LogP contribution is 2.16. The number of pyridine rings is 1. The first-order valence-electron chi connectivity index (χ1n) is 8.98. The first kappa shape index (κ1) is 19.9. The Hall–Kier alpha value is -3.87. The summed E-state index contributed by atoms with van der Waals surface area (Å²) in [6.07, 6.45) is 3.46. The van der Waals surface area contributed by atoms with Gasteiger partial charge in [-0.2, -0.15) is 0 Å². The van der Waals surface area contributed by atoms with Crippen LogP contribution in [0.3, 0.4) is 0 Å². The van der Waals surface area contributed by atoms with Gasteiger partial charge in [0.05, 0.1) is 25.4 Å². The molecule has 0 aliphatic carbocycles. The monoisotopic (exact) mass is 391 g/mol. The lowest BCUT2D eigenvalue weighted by Crippen LogP contribution is -2.20. The SMILES string of the molecule is COc1ccc(NC(=O)COc2ccc(CC(=O)Nc3cccnc3)cc2)cc1. The van der Waals surface area contributed by atoms with Gasteiger partial charge in [-0.1, -0.05) is 12.1 Å². The molecule has 0 radical (unpaired) electrons. The zero-order valence-electron chi connectivity index (χ0n) is 15.9. The minimum absolute atomic E-state index is 0.118. The van der Waals surface area contributed by atoms with Gasteiger partial charge in [0.1, 0.15) is 11.5 Å². The molecule has 7 heteroatoms. The number of anilines is 2. The number of carbonyl (C=O) groups is 2. The number of hydrogen-bond donors (Lipinski definition) is 2. The van der Waals surface area contributed by atoms with Crippen LogP contribution in [0.15, 0.2) is 73.1 Å². The van der Waals surface area contributed by atoms with Crippen molar-refractivity contribution in [2.24, 2.45) is 0 Å². The number of ether oxygens (including phenoxy) is 2. The van der Waals surface area contributed by atoms with E-state index >= 15 is 0 Å². The lowest BCUT2D eigenvalue weighted by molar-refractivity contribution is -0.118. The summed E-state index contributed by atoms with van der Waals surface area (Å²) in [6, 6.07) is 17.6. The normalized spacial score (nSPS) is 10.1. The minimum Gasteiger partial charge on any atom is -0.497 e. The molecule has 2 N–H and O–H groups in total. The van der Waals surface area contributed by atoms with Crippen LogP contribution in [-0.4, -0.2) is 30.5 Å². The van der Waals surface area contributed by atoms with Crippen LogP contribution in [0.25, 0.3) is 0 Å². The molecule has 3 rings (SSSR count). The van der Waals surface area contributed by atoms with Crippen LogP contribution < -0.4 is 20.1 Å². The molecule has 7 nitrogen and oxygen atoms in total. The van der Waals surface area contributed by atoms with Crippen molar-refractivity contribution < 1.29 is 19.1 Å². The average Bonchev–Trinajstić information content (AvgIpc) is 2.74. The third-order valence-corrected chi connectivity index (χ3v) is 3.98. The van der Waals surface area contributed by atoms with E-state index in [0.29, 0.717) is 22.9 Å². The maximum Gasteiger partial charge on any atom is 0.262 e. The van der Waals surface area contributed by atoms with E-state index in [1.807, 2.05) is 0 Å². The molecule has 0 aliphatic rings. The van der Waals surface area contributed by atoms with Crippen LogP contribution in [-0.2, 0) is 16.0 Å². The summed E-state index contributed by atoms with van der Waals surface area (Å²) < 4.78 is 10.6. The van der Waals surface area contributed by atoms with Gasteiger partial charge in [-0.25, -0.2) is 0 Å². The Labute approximate surface area is 168 Å². The largest absolute Gasteiger partial charge is 0.497 e. The second-order valence-electron chi connectivity index (χ2n) is 6.18. The molecule has 2 aromatic carbocycles. The predicted octanol–water partition coefficient (Wildman–Crippen LogP) is 3.29. The minimum atomic E-state index is -0.268. The molecule has 0 saturated carbocycles. The van der Waals surface area contributed by atoms with Crippen LogP contribution in [0.1, 0.15) is 5.56 Å². The third kappa shape index (κ3) is 6.35. The van der Waals surface area contributed by atoms with Crippen LogP contribution in [0, 0.1) is 0 Å². The molecular weight excluding hydrogens is 370 g/mol. The Bertz CT molecular complexity index is 942. The average molecular weight is 391 g/mol. The van der Waals surface area contributed by atoms with E-state index in [-0.39, 0.29) is 24.8 Å². The van der Waals surface area contributed by atoms with E-state index in [9.17, 15) is 9.59 Å². The second-order valence-corrected chi connectivity index (χ2v) is 6.18. The van der Waals surface area contributed by atoms with Gasteiger partial charge in [0, 0.05) is 11.9 Å². The van der Waals surface area contributed by atoms with Crippen LogP contribution in [0.2, 0.25) is 0 Å². The molecule has 1 heterocycles. The van der Waals surface area contributed by atoms with E-state index in [1.165, 1.54) is 0 Å². The smallest absolute Gasteiger partial charge is 0.262 e. The maximum atomic E-state index is 12.1. The Morgan fingerprint density at radius 3 is 2.21 bits per heavy atom.